The molecule has 5 heteroatoms. The number of carbonyl (C=O) groups excluding carboxylic acids is 1. The molecule has 2 heterocycles. The van der Waals surface area contributed by atoms with Crippen LogP contribution >= 0.6 is 0 Å². The summed E-state index contributed by atoms with van der Waals surface area (Å²) in [6.45, 7) is 4.33. The lowest BCUT2D eigenvalue weighted by molar-refractivity contribution is 0.0987. The number of rotatable bonds is 4. The molecule has 1 atom stereocenters. The lowest BCUT2D eigenvalue weighted by atomic mass is 10.1. The van der Waals surface area contributed by atoms with Gasteiger partial charge in [-0.15, -0.1) is 0 Å². The fraction of sp³-hybridized carbons (Fsp3) is 0.231. The smallest absolute Gasteiger partial charge is 0.261 e. The molecule has 5 nitrogen and oxygen atoms in total. The third-order valence-electron chi connectivity index (χ3n) is 5.91. The van der Waals surface area contributed by atoms with Gasteiger partial charge in [0.2, 0.25) is 0 Å². The third-order valence-corrected chi connectivity index (χ3v) is 5.91. The molecule has 31 heavy (non-hydrogen) atoms. The minimum absolute atomic E-state index is 0.00414. The highest BCUT2D eigenvalue weighted by Gasteiger charge is 2.36. The predicted octanol–water partition coefficient (Wildman–Crippen LogP) is 4.66. The van der Waals surface area contributed by atoms with Gasteiger partial charge in [-0.2, -0.15) is 0 Å². The summed E-state index contributed by atoms with van der Waals surface area (Å²) < 4.78 is 6.09. The van der Waals surface area contributed by atoms with Gasteiger partial charge in [0.25, 0.3) is 5.91 Å². The van der Waals surface area contributed by atoms with E-state index in [4.69, 9.17) is 4.74 Å². The zero-order valence-corrected chi connectivity index (χ0v) is 17.6. The van der Waals surface area contributed by atoms with E-state index in [1.807, 2.05) is 73.5 Å². The van der Waals surface area contributed by atoms with Gasteiger partial charge in [-0.3, -0.25) is 14.7 Å². The molecule has 156 valence electrons. The van der Waals surface area contributed by atoms with Crippen LogP contribution in [0.2, 0.25) is 0 Å². The Bertz CT molecular complexity index is 1220. The minimum atomic E-state index is -0.0637. The summed E-state index contributed by atoms with van der Waals surface area (Å²) in [6.07, 6.45) is 2.65. The first kappa shape index (κ1) is 19.5. The van der Waals surface area contributed by atoms with Crippen molar-refractivity contribution in [2.75, 3.05) is 4.90 Å². The van der Waals surface area contributed by atoms with Gasteiger partial charge in [-0.05, 0) is 48.2 Å². The second-order valence-electron chi connectivity index (χ2n) is 8.26. The molecule has 5 rings (SSSR count). The van der Waals surface area contributed by atoms with Gasteiger partial charge in [0, 0.05) is 24.4 Å². The molecular formula is C26H24N2O3. The number of benzene rings is 3. The number of hydrogen-bond acceptors (Lipinski definition) is 4. The Morgan fingerprint density at radius 1 is 1.10 bits per heavy atom. The van der Waals surface area contributed by atoms with Gasteiger partial charge >= 0.3 is 0 Å². The maximum Gasteiger partial charge on any atom is 0.261 e. The Kier molecular flexibility index (Phi) is 4.83. The van der Waals surface area contributed by atoms with Gasteiger partial charge in [-0.1, -0.05) is 42.0 Å². The number of hydrogen-bond donors (Lipinski definition) is 1. The molecule has 0 saturated heterocycles. The SMILES string of the molecule is Cc1cc(CO)cc(COc2cc3c(cc2C)C(=O)N2c4ccccc4C[C@H]2C=N3)c1. The van der Waals surface area contributed by atoms with Crippen LogP contribution in [-0.2, 0) is 19.6 Å². The van der Waals surface area contributed by atoms with Crippen molar-refractivity contribution < 1.29 is 14.6 Å². The van der Waals surface area contributed by atoms with E-state index in [9.17, 15) is 9.90 Å². The molecule has 0 aromatic heterocycles. The molecule has 0 radical (unpaired) electrons. The summed E-state index contributed by atoms with van der Waals surface area (Å²) in [6, 6.07) is 17.7. The zero-order chi connectivity index (χ0) is 21.5. The molecule has 1 amide bonds. The Morgan fingerprint density at radius 2 is 1.90 bits per heavy atom. The number of aryl methyl sites for hydroxylation is 2. The second kappa shape index (κ2) is 7.67. The highest BCUT2D eigenvalue weighted by molar-refractivity contribution is 6.14. The number of fused-ring (bicyclic) bond motifs is 4. The number of carbonyl (C=O) groups is 1. The van der Waals surface area contributed by atoms with Crippen LogP contribution in [-0.4, -0.2) is 23.3 Å². The van der Waals surface area contributed by atoms with Crippen molar-refractivity contribution in [2.45, 2.75) is 39.5 Å². The molecule has 0 bridgehead atoms. The summed E-state index contributed by atoms with van der Waals surface area (Å²) in [7, 11) is 0. The first-order chi connectivity index (χ1) is 15.0. The van der Waals surface area contributed by atoms with Crippen molar-refractivity contribution in [3.05, 3.63) is 88.0 Å². The molecule has 0 spiro atoms. The van der Waals surface area contributed by atoms with Gasteiger partial charge < -0.3 is 9.84 Å². The molecular weight excluding hydrogens is 388 g/mol. The number of ether oxygens (including phenoxy) is 1. The fourth-order valence-corrected chi connectivity index (χ4v) is 4.48. The van der Waals surface area contributed by atoms with E-state index in [0.29, 0.717) is 23.6 Å². The monoisotopic (exact) mass is 412 g/mol. The van der Waals surface area contributed by atoms with Gasteiger partial charge in [-0.25, -0.2) is 0 Å². The van der Waals surface area contributed by atoms with E-state index in [0.717, 1.165) is 34.4 Å². The lowest BCUT2D eigenvalue weighted by Crippen LogP contribution is -2.37. The number of nitrogens with zero attached hydrogens (tertiary/aromatic N) is 2. The highest BCUT2D eigenvalue weighted by Crippen LogP contribution is 2.38. The van der Waals surface area contributed by atoms with Crippen molar-refractivity contribution >= 4 is 23.5 Å². The summed E-state index contributed by atoms with van der Waals surface area (Å²) in [5, 5.41) is 9.44. The molecule has 2 aliphatic rings. The molecule has 2 aliphatic heterocycles. The molecule has 0 aliphatic carbocycles. The standard InChI is InChI=1S/C26H24N2O3/c1-16-7-18(14-29)10-19(8-16)15-31-25-12-23-22(9-17(25)2)26(30)28-21(13-27-23)11-20-5-3-4-6-24(20)28/h3-10,12-13,21,29H,11,14-15H2,1-2H3/t21-/m0/s1. The number of para-hydroxylation sites is 1. The van der Waals surface area contributed by atoms with Crippen LogP contribution < -0.4 is 9.64 Å². The Balaban J connectivity index is 1.44. The quantitative estimate of drug-likeness (QED) is 0.678. The van der Waals surface area contributed by atoms with Crippen molar-refractivity contribution in [1.82, 2.24) is 0 Å². The maximum absolute atomic E-state index is 13.4. The van der Waals surface area contributed by atoms with Crippen molar-refractivity contribution in [2.24, 2.45) is 4.99 Å². The normalized spacial score (nSPS) is 16.5. The van der Waals surface area contributed by atoms with Crippen molar-refractivity contribution in [3.8, 4) is 5.75 Å². The number of aliphatic hydroxyl groups excluding tert-OH is 1. The van der Waals surface area contributed by atoms with Gasteiger partial charge in [0.15, 0.2) is 0 Å². The zero-order valence-electron chi connectivity index (χ0n) is 17.6. The van der Waals surface area contributed by atoms with Crippen LogP contribution in [0.3, 0.4) is 0 Å². The largest absolute Gasteiger partial charge is 0.489 e. The molecule has 0 unspecified atom stereocenters. The summed E-state index contributed by atoms with van der Waals surface area (Å²) in [4.78, 5) is 19.9. The van der Waals surface area contributed by atoms with E-state index in [1.54, 1.807) is 0 Å². The van der Waals surface area contributed by atoms with Crippen LogP contribution in [0, 0.1) is 13.8 Å². The molecule has 0 fully saturated rings. The van der Waals surface area contributed by atoms with Gasteiger partial charge in [0.1, 0.15) is 12.4 Å². The van der Waals surface area contributed by atoms with Crippen LogP contribution in [0.1, 0.15) is 38.2 Å². The average molecular weight is 412 g/mol. The van der Waals surface area contributed by atoms with E-state index in [2.05, 4.69) is 11.1 Å². The first-order valence-corrected chi connectivity index (χ1v) is 10.5. The summed E-state index contributed by atoms with van der Waals surface area (Å²) >= 11 is 0. The Morgan fingerprint density at radius 3 is 2.74 bits per heavy atom. The third kappa shape index (κ3) is 3.51. The van der Waals surface area contributed by atoms with E-state index >= 15 is 0 Å². The topological polar surface area (TPSA) is 62.1 Å². The van der Waals surface area contributed by atoms with Crippen LogP contribution in [0.15, 0.2) is 59.6 Å². The van der Waals surface area contributed by atoms with Crippen LogP contribution in [0.4, 0.5) is 11.4 Å². The minimum Gasteiger partial charge on any atom is -0.489 e. The molecule has 0 saturated carbocycles. The molecule has 3 aromatic carbocycles. The molecule has 3 aromatic rings. The summed E-state index contributed by atoms with van der Waals surface area (Å²) in [5.41, 5.74) is 7.21. The first-order valence-electron chi connectivity index (χ1n) is 10.5. The average Bonchev–Trinajstić information content (AvgIpc) is 3.08. The Hall–Kier alpha value is -3.44. The van der Waals surface area contributed by atoms with E-state index in [1.165, 1.54) is 5.56 Å². The lowest BCUT2D eigenvalue weighted by Gasteiger charge is -2.22. The van der Waals surface area contributed by atoms with E-state index < -0.39 is 0 Å². The van der Waals surface area contributed by atoms with Crippen molar-refractivity contribution in [1.29, 1.82) is 0 Å². The van der Waals surface area contributed by atoms with Gasteiger partial charge in [0.05, 0.1) is 23.9 Å². The number of aliphatic imine (C=N–C) groups is 1. The summed E-state index contributed by atoms with van der Waals surface area (Å²) in [5.74, 6) is 0.682. The van der Waals surface area contributed by atoms with Crippen LogP contribution in [0.25, 0.3) is 0 Å². The fourth-order valence-electron chi connectivity index (χ4n) is 4.48. The van der Waals surface area contributed by atoms with Crippen molar-refractivity contribution in [3.63, 3.8) is 0 Å². The Labute approximate surface area is 181 Å². The number of amides is 1. The predicted molar refractivity (Wildman–Crippen MR) is 122 cm³/mol. The van der Waals surface area contributed by atoms with Crippen LogP contribution in [0.5, 0.6) is 5.75 Å². The number of aliphatic hydroxyl groups is 1. The second-order valence-corrected chi connectivity index (χ2v) is 8.26. The highest BCUT2D eigenvalue weighted by atomic mass is 16.5. The number of anilines is 1. The van der Waals surface area contributed by atoms with E-state index in [-0.39, 0.29) is 18.6 Å². The maximum atomic E-state index is 13.4. The molecule has 1 N–H and O–H groups in total.